The van der Waals surface area contributed by atoms with Crippen molar-refractivity contribution in [3.8, 4) is 5.88 Å². The molecule has 1 N–H and O–H groups in total. The van der Waals surface area contributed by atoms with E-state index in [1.807, 2.05) is 0 Å². The molecular formula is C13H12N2O4. The summed E-state index contributed by atoms with van der Waals surface area (Å²) in [4.78, 5) is 26.9. The molecule has 0 aromatic carbocycles. The zero-order valence-electron chi connectivity index (χ0n) is 10.2. The molecule has 0 unspecified atom stereocenters. The second kappa shape index (κ2) is 5.34. The fourth-order valence-electron chi connectivity index (χ4n) is 1.74. The zero-order chi connectivity index (χ0) is 13.8. The van der Waals surface area contributed by atoms with Gasteiger partial charge in [-0.2, -0.15) is 0 Å². The zero-order valence-corrected chi connectivity index (χ0v) is 10.2. The minimum atomic E-state index is -1.24. The van der Waals surface area contributed by atoms with Crippen LogP contribution in [0.5, 0.6) is 5.88 Å². The fourth-order valence-corrected chi connectivity index (χ4v) is 1.74. The molecule has 19 heavy (non-hydrogen) atoms. The lowest BCUT2D eigenvalue weighted by molar-refractivity contribution is 0.0694. The summed E-state index contributed by atoms with van der Waals surface area (Å²) in [6, 6.07) is 6.30. The van der Waals surface area contributed by atoms with Crippen LogP contribution in [0, 0.1) is 0 Å². The third-order valence-electron chi connectivity index (χ3n) is 2.63. The summed E-state index contributed by atoms with van der Waals surface area (Å²) in [6.07, 6.45) is 3.11. The van der Waals surface area contributed by atoms with Gasteiger partial charge >= 0.3 is 5.97 Å². The van der Waals surface area contributed by atoms with E-state index in [4.69, 9.17) is 9.84 Å². The summed E-state index contributed by atoms with van der Waals surface area (Å²) < 4.78 is 6.40. The Morgan fingerprint density at radius 1 is 1.42 bits per heavy atom. The van der Waals surface area contributed by atoms with Crippen LogP contribution < -0.4 is 10.3 Å². The summed E-state index contributed by atoms with van der Waals surface area (Å²) in [7, 11) is 1.49. The van der Waals surface area contributed by atoms with Crippen molar-refractivity contribution >= 4 is 5.97 Å². The molecule has 0 saturated heterocycles. The molecule has 0 atom stereocenters. The lowest BCUT2D eigenvalue weighted by atomic mass is 10.2. The van der Waals surface area contributed by atoms with E-state index in [-0.39, 0.29) is 12.1 Å². The van der Waals surface area contributed by atoms with E-state index in [1.165, 1.54) is 30.0 Å². The van der Waals surface area contributed by atoms with E-state index in [2.05, 4.69) is 4.98 Å². The standard InChI is InChI=1S/C13H12N2O4/c1-19-11-9(4-2-6-14-11)8-15-7-3-5-10(12(15)16)13(17)18/h2-7H,8H2,1H3,(H,17,18). The van der Waals surface area contributed by atoms with Gasteiger partial charge in [0.15, 0.2) is 0 Å². The van der Waals surface area contributed by atoms with Crippen LogP contribution in [0.25, 0.3) is 0 Å². The number of hydrogen-bond acceptors (Lipinski definition) is 4. The molecular weight excluding hydrogens is 248 g/mol. The van der Waals surface area contributed by atoms with Crippen molar-refractivity contribution in [3.63, 3.8) is 0 Å². The molecule has 0 aliphatic carbocycles. The van der Waals surface area contributed by atoms with Crippen molar-refractivity contribution < 1.29 is 14.6 Å². The number of carboxylic acid groups (broad SMARTS) is 1. The summed E-state index contributed by atoms with van der Waals surface area (Å²) in [5.41, 5.74) is -0.110. The molecule has 6 heteroatoms. The minimum Gasteiger partial charge on any atom is -0.481 e. The Morgan fingerprint density at radius 2 is 2.21 bits per heavy atom. The predicted octanol–water partition coefficient (Wildman–Crippen LogP) is 0.998. The molecule has 0 bridgehead atoms. The van der Waals surface area contributed by atoms with Gasteiger partial charge in [0.05, 0.1) is 13.7 Å². The number of nitrogens with zero attached hydrogens (tertiary/aromatic N) is 2. The van der Waals surface area contributed by atoms with E-state index < -0.39 is 11.5 Å². The Bertz CT molecular complexity index is 664. The van der Waals surface area contributed by atoms with Crippen molar-refractivity contribution in [2.45, 2.75) is 6.54 Å². The third-order valence-corrected chi connectivity index (χ3v) is 2.63. The highest BCUT2D eigenvalue weighted by molar-refractivity contribution is 5.86. The van der Waals surface area contributed by atoms with Crippen molar-refractivity contribution in [2.24, 2.45) is 0 Å². The van der Waals surface area contributed by atoms with Gasteiger partial charge in [-0.25, -0.2) is 9.78 Å². The SMILES string of the molecule is COc1ncccc1Cn1cccc(C(=O)O)c1=O. The average molecular weight is 260 g/mol. The molecule has 0 amide bonds. The van der Waals surface area contributed by atoms with E-state index in [1.54, 1.807) is 18.3 Å². The summed E-state index contributed by atoms with van der Waals surface area (Å²) in [5, 5.41) is 8.91. The van der Waals surface area contributed by atoms with Crippen molar-refractivity contribution in [1.29, 1.82) is 0 Å². The first-order chi connectivity index (χ1) is 9.13. The Balaban J connectivity index is 2.42. The van der Waals surface area contributed by atoms with Crippen LogP contribution >= 0.6 is 0 Å². The molecule has 0 fully saturated rings. The number of carboxylic acids is 1. The average Bonchev–Trinajstić information content (AvgIpc) is 2.41. The maximum absolute atomic E-state index is 11.9. The molecule has 2 heterocycles. The van der Waals surface area contributed by atoms with E-state index in [0.29, 0.717) is 11.4 Å². The quantitative estimate of drug-likeness (QED) is 0.886. The van der Waals surface area contributed by atoms with Crippen LogP contribution in [-0.2, 0) is 6.54 Å². The highest BCUT2D eigenvalue weighted by atomic mass is 16.5. The monoisotopic (exact) mass is 260 g/mol. The van der Waals surface area contributed by atoms with Crippen LogP contribution in [0.4, 0.5) is 0 Å². The van der Waals surface area contributed by atoms with Crippen LogP contribution in [-0.4, -0.2) is 27.7 Å². The number of rotatable bonds is 4. The molecule has 0 spiro atoms. The lowest BCUT2D eigenvalue weighted by Gasteiger charge is -2.09. The summed E-state index contributed by atoms with van der Waals surface area (Å²) in [6.45, 7) is 0.205. The number of carbonyl (C=O) groups is 1. The Hall–Kier alpha value is -2.63. The number of aromatic nitrogens is 2. The highest BCUT2D eigenvalue weighted by Crippen LogP contribution is 2.14. The normalized spacial score (nSPS) is 10.2. The largest absolute Gasteiger partial charge is 0.481 e. The van der Waals surface area contributed by atoms with Crippen LogP contribution in [0.2, 0.25) is 0 Å². The molecule has 2 aromatic rings. The number of pyridine rings is 2. The van der Waals surface area contributed by atoms with Gasteiger partial charge in [-0.3, -0.25) is 4.79 Å². The number of aromatic carboxylic acids is 1. The number of hydrogen-bond donors (Lipinski definition) is 1. The van der Waals surface area contributed by atoms with E-state index in [9.17, 15) is 9.59 Å². The molecule has 0 aliphatic rings. The topological polar surface area (TPSA) is 81.4 Å². The molecule has 6 nitrogen and oxygen atoms in total. The molecule has 0 saturated carbocycles. The van der Waals surface area contributed by atoms with Gasteiger partial charge in [0, 0.05) is 18.0 Å². The van der Waals surface area contributed by atoms with Crippen LogP contribution in [0.1, 0.15) is 15.9 Å². The molecule has 0 radical (unpaired) electrons. The van der Waals surface area contributed by atoms with Gasteiger partial charge in [0.2, 0.25) is 5.88 Å². The Morgan fingerprint density at radius 3 is 2.89 bits per heavy atom. The van der Waals surface area contributed by atoms with Gasteiger partial charge in [-0.05, 0) is 18.2 Å². The first kappa shape index (κ1) is 12.8. The number of ether oxygens (including phenoxy) is 1. The second-order valence-corrected chi connectivity index (χ2v) is 3.83. The number of methoxy groups -OCH3 is 1. The summed E-state index contributed by atoms with van der Waals surface area (Å²) in [5.74, 6) is -0.826. The summed E-state index contributed by atoms with van der Waals surface area (Å²) >= 11 is 0. The van der Waals surface area contributed by atoms with Crippen molar-refractivity contribution in [3.05, 3.63) is 58.1 Å². The Labute approximate surface area is 108 Å². The van der Waals surface area contributed by atoms with Gasteiger partial charge in [-0.1, -0.05) is 6.07 Å². The molecule has 2 aromatic heterocycles. The second-order valence-electron chi connectivity index (χ2n) is 3.83. The van der Waals surface area contributed by atoms with E-state index in [0.717, 1.165) is 0 Å². The third kappa shape index (κ3) is 2.62. The minimum absolute atomic E-state index is 0.205. The molecule has 98 valence electrons. The van der Waals surface area contributed by atoms with Crippen LogP contribution in [0.15, 0.2) is 41.5 Å². The van der Waals surface area contributed by atoms with Crippen LogP contribution in [0.3, 0.4) is 0 Å². The Kier molecular flexibility index (Phi) is 3.61. The highest BCUT2D eigenvalue weighted by Gasteiger charge is 2.11. The smallest absolute Gasteiger partial charge is 0.341 e. The first-order valence-electron chi connectivity index (χ1n) is 5.54. The lowest BCUT2D eigenvalue weighted by Crippen LogP contribution is -2.26. The van der Waals surface area contributed by atoms with Crippen molar-refractivity contribution in [2.75, 3.05) is 7.11 Å². The van der Waals surface area contributed by atoms with Gasteiger partial charge in [0.1, 0.15) is 5.56 Å². The predicted molar refractivity (Wildman–Crippen MR) is 67.6 cm³/mol. The van der Waals surface area contributed by atoms with Gasteiger partial charge in [0.25, 0.3) is 5.56 Å². The first-order valence-corrected chi connectivity index (χ1v) is 5.54. The molecule has 0 aliphatic heterocycles. The van der Waals surface area contributed by atoms with Crippen molar-refractivity contribution in [1.82, 2.24) is 9.55 Å². The van der Waals surface area contributed by atoms with Gasteiger partial charge < -0.3 is 14.4 Å². The maximum atomic E-state index is 11.9. The maximum Gasteiger partial charge on any atom is 0.341 e. The molecule has 2 rings (SSSR count). The fraction of sp³-hybridized carbons (Fsp3) is 0.154. The van der Waals surface area contributed by atoms with Gasteiger partial charge in [-0.15, -0.1) is 0 Å². The van der Waals surface area contributed by atoms with E-state index >= 15 is 0 Å².